The second-order valence-corrected chi connectivity index (χ2v) is 7.96. The number of halogens is 1. The zero-order chi connectivity index (χ0) is 22.1. The molecule has 1 aromatic heterocycles. The molecule has 0 spiro atoms. The van der Waals surface area contributed by atoms with Crippen LogP contribution in [0.1, 0.15) is 36.1 Å². The number of hydrogen-bond acceptors (Lipinski definition) is 5. The molecule has 1 saturated heterocycles. The zero-order valence-corrected chi connectivity index (χ0v) is 17.8. The molecule has 0 N–H and O–H groups in total. The molecule has 0 saturated carbocycles. The van der Waals surface area contributed by atoms with Crippen LogP contribution in [0.25, 0.3) is 11.8 Å². The fraction of sp³-hybridized carbons (Fsp3) is 0.240. The summed E-state index contributed by atoms with van der Waals surface area (Å²) in [4.78, 5) is 19.3. The molecular formula is C25H23FN4O2. The van der Waals surface area contributed by atoms with Gasteiger partial charge in [-0.05, 0) is 68.7 Å². The number of aryl methyl sites for hydroxylation is 1. The van der Waals surface area contributed by atoms with Crippen molar-refractivity contribution in [2.24, 2.45) is 4.99 Å². The van der Waals surface area contributed by atoms with Crippen LogP contribution in [0, 0.1) is 12.7 Å². The first-order valence-corrected chi connectivity index (χ1v) is 10.8. The van der Waals surface area contributed by atoms with Gasteiger partial charge in [-0.15, -0.1) is 0 Å². The minimum Gasteiger partial charge on any atom is -0.402 e. The Kier molecular flexibility index (Phi) is 5.31. The van der Waals surface area contributed by atoms with Gasteiger partial charge in [-0.2, -0.15) is 5.10 Å². The number of para-hydroxylation sites is 1. The van der Waals surface area contributed by atoms with E-state index in [1.807, 2.05) is 41.9 Å². The van der Waals surface area contributed by atoms with Crippen LogP contribution >= 0.6 is 0 Å². The second-order valence-electron chi connectivity index (χ2n) is 7.96. The average Bonchev–Trinajstić information content (AvgIpc) is 3.35. The van der Waals surface area contributed by atoms with Crippen molar-refractivity contribution < 1.29 is 13.9 Å². The molecule has 3 aromatic rings. The summed E-state index contributed by atoms with van der Waals surface area (Å²) in [6.45, 7) is 3.80. The number of benzene rings is 2. The van der Waals surface area contributed by atoms with E-state index >= 15 is 0 Å². The van der Waals surface area contributed by atoms with E-state index in [9.17, 15) is 9.18 Å². The number of hydrogen-bond donors (Lipinski definition) is 0. The second kappa shape index (κ2) is 8.42. The largest absolute Gasteiger partial charge is 0.402 e. The molecule has 2 aromatic carbocycles. The molecule has 0 atom stereocenters. The van der Waals surface area contributed by atoms with E-state index < -0.39 is 5.97 Å². The molecular weight excluding hydrogens is 407 g/mol. The first-order valence-electron chi connectivity index (χ1n) is 10.8. The fourth-order valence-corrected chi connectivity index (χ4v) is 4.12. The molecule has 0 aliphatic carbocycles. The number of aromatic nitrogens is 2. The number of piperidine rings is 1. The van der Waals surface area contributed by atoms with Crippen molar-refractivity contribution in [2.75, 3.05) is 18.0 Å². The molecule has 6 nitrogen and oxygen atoms in total. The summed E-state index contributed by atoms with van der Waals surface area (Å²) in [5, 5.41) is 4.80. The summed E-state index contributed by atoms with van der Waals surface area (Å²) in [5.74, 6) is 0.248. The number of carbonyl (C=O) groups is 1. The van der Waals surface area contributed by atoms with Crippen molar-refractivity contribution in [1.29, 1.82) is 0 Å². The third kappa shape index (κ3) is 3.82. The number of ether oxygens (including phenoxy) is 1. The highest BCUT2D eigenvalue weighted by atomic mass is 19.1. The monoisotopic (exact) mass is 430 g/mol. The molecule has 0 unspecified atom stereocenters. The summed E-state index contributed by atoms with van der Waals surface area (Å²) < 4.78 is 20.6. The van der Waals surface area contributed by atoms with Gasteiger partial charge in [-0.1, -0.05) is 18.2 Å². The number of anilines is 1. The molecule has 5 rings (SSSR count). The Morgan fingerprint density at radius 2 is 1.72 bits per heavy atom. The Hall–Kier alpha value is -3.74. The minimum atomic E-state index is -0.527. The van der Waals surface area contributed by atoms with Crippen molar-refractivity contribution in [2.45, 2.75) is 26.2 Å². The Morgan fingerprint density at radius 1 is 1.00 bits per heavy atom. The predicted molar refractivity (Wildman–Crippen MR) is 121 cm³/mol. The van der Waals surface area contributed by atoms with Crippen LogP contribution < -0.4 is 4.90 Å². The summed E-state index contributed by atoms with van der Waals surface area (Å²) >= 11 is 0. The van der Waals surface area contributed by atoms with Crippen molar-refractivity contribution in [3.8, 4) is 5.69 Å². The molecule has 2 aliphatic rings. The van der Waals surface area contributed by atoms with Gasteiger partial charge in [0.2, 0.25) is 5.90 Å². The number of esters is 1. The van der Waals surface area contributed by atoms with Gasteiger partial charge in [-0.25, -0.2) is 18.9 Å². The Labute approximate surface area is 185 Å². The Morgan fingerprint density at radius 3 is 2.44 bits per heavy atom. The maximum absolute atomic E-state index is 13.2. The van der Waals surface area contributed by atoms with E-state index in [2.05, 4.69) is 9.89 Å². The van der Waals surface area contributed by atoms with Crippen LogP contribution in [0.3, 0.4) is 0 Å². The van der Waals surface area contributed by atoms with E-state index in [0.29, 0.717) is 5.56 Å². The number of nitrogens with zero attached hydrogens (tertiary/aromatic N) is 4. The predicted octanol–water partition coefficient (Wildman–Crippen LogP) is 4.65. The highest BCUT2D eigenvalue weighted by molar-refractivity contribution is 6.13. The Bertz CT molecular complexity index is 1210. The Balaban J connectivity index is 1.60. The zero-order valence-electron chi connectivity index (χ0n) is 17.8. The summed E-state index contributed by atoms with van der Waals surface area (Å²) in [5.41, 5.74) is 3.38. The quantitative estimate of drug-likeness (QED) is 0.446. The van der Waals surface area contributed by atoms with Gasteiger partial charge in [-0.3, -0.25) is 0 Å². The number of rotatable bonds is 4. The summed E-state index contributed by atoms with van der Waals surface area (Å²) in [7, 11) is 0. The number of carbonyl (C=O) groups excluding carboxylic acids is 1. The lowest BCUT2D eigenvalue weighted by molar-refractivity contribution is -0.129. The van der Waals surface area contributed by atoms with Crippen molar-refractivity contribution in [3.05, 3.63) is 82.9 Å². The van der Waals surface area contributed by atoms with Crippen LogP contribution in [0.4, 0.5) is 10.2 Å². The van der Waals surface area contributed by atoms with Crippen molar-refractivity contribution in [3.63, 3.8) is 0 Å². The molecule has 2 aliphatic heterocycles. The SMILES string of the molecule is Cc1nn(-c2ccccc2)c(N2CCCCC2)c1C=C1N=C(c2ccc(F)cc2)OC1=O. The molecule has 0 amide bonds. The van der Waals surface area contributed by atoms with Crippen LogP contribution in [-0.4, -0.2) is 34.7 Å². The average molecular weight is 430 g/mol. The standard InChI is InChI=1S/C25H23FN4O2/c1-17-21(16-22-25(31)32-23(27-22)18-10-12-19(26)13-11-18)24(29-14-6-3-7-15-29)30(28-17)20-8-4-2-5-9-20/h2,4-5,8-13,16H,3,6-7,14-15H2,1H3. The third-order valence-electron chi connectivity index (χ3n) is 5.73. The van der Waals surface area contributed by atoms with E-state index in [-0.39, 0.29) is 17.4 Å². The molecule has 3 heterocycles. The first kappa shape index (κ1) is 20.2. The topological polar surface area (TPSA) is 59.7 Å². The van der Waals surface area contributed by atoms with Gasteiger partial charge < -0.3 is 9.64 Å². The lowest BCUT2D eigenvalue weighted by atomic mass is 10.1. The third-order valence-corrected chi connectivity index (χ3v) is 5.73. The molecule has 0 bridgehead atoms. The molecule has 1 fully saturated rings. The summed E-state index contributed by atoms with van der Waals surface area (Å²) in [6, 6.07) is 15.7. The first-order chi connectivity index (χ1) is 15.6. The van der Waals surface area contributed by atoms with Crippen LogP contribution in [0.5, 0.6) is 0 Å². The van der Waals surface area contributed by atoms with Crippen molar-refractivity contribution in [1.82, 2.24) is 9.78 Å². The van der Waals surface area contributed by atoms with Gasteiger partial charge in [0.25, 0.3) is 0 Å². The van der Waals surface area contributed by atoms with Gasteiger partial charge in [0.15, 0.2) is 5.70 Å². The maximum Gasteiger partial charge on any atom is 0.363 e. The number of cyclic esters (lactones) is 1. The molecule has 7 heteroatoms. The van der Waals surface area contributed by atoms with Crippen LogP contribution in [0.15, 0.2) is 65.3 Å². The van der Waals surface area contributed by atoms with E-state index in [1.165, 1.54) is 18.6 Å². The van der Waals surface area contributed by atoms with Gasteiger partial charge >= 0.3 is 5.97 Å². The summed E-state index contributed by atoms with van der Waals surface area (Å²) in [6.07, 6.45) is 5.20. The highest BCUT2D eigenvalue weighted by Gasteiger charge is 2.28. The normalized spacial score (nSPS) is 17.6. The van der Waals surface area contributed by atoms with Crippen molar-refractivity contribution >= 4 is 23.8 Å². The smallest absolute Gasteiger partial charge is 0.363 e. The van der Waals surface area contributed by atoms with E-state index in [4.69, 9.17) is 9.84 Å². The van der Waals surface area contributed by atoms with Gasteiger partial charge in [0, 0.05) is 24.2 Å². The number of aliphatic imine (C=N–C) groups is 1. The molecule has 0 radical (unpaired) electrons. The lowest BCUT2D eigenvalue weighted by Crippen LogP contribution is -2.31. The minimum absolute atomic E-state index is 0.175. The lowest BCUT2D eigenvalue weighted by Gasteiger charge is -2.29. The maximum atomic E-state index is 13.2. The van der Waals surface area contributed by atoms with Crippen LogP contribution in [0.2, 0.25) is 0 Å². The van der Waals surface area contributed by atoms with Gasteiger partial charge in [0.05, 0.1) is 11.4 Å². The van der Waals surface area contributed by atoms with Crippen LogP contribution in [-0.2, 0) is 9.53 Å². The molecule has 162 valence electrons. The van der Waals surface area contributed by atoms with Gasteiger partial charge in [0.1, 0.15) is 11.6 Å². The molecule has 32 heavy (non-hydrogen) atoms. The fourth-order valence-electron chi connectivity index (χ4n) is 4.12. The van der Waals surface area contributed by atoms with E-state index in [0.717, 1.165) is 48.7 Å². The van der Waals surface area contributed by atoms with E-state index in [1.54, 1.807) is 18.2 Å². The highest BCUT2D eigenvalue weighted by Crippen LogP contribution is 2.32.